The molecule has 4 nitrogen and oxygen atoms in total. The first-order valence-electron chi connectivity index (χ1n) is 8.27. The molecule has 1 aromatic heterocycles. The Balaban J connectivity index is 1.62. The topological polar surface area (TPSA) is 46.9 Å². The highest BCUT2D eigenvalue weighted by Gasteiger charge is 2.09. The molecule has 0 saturated carbocycles. The van der Waals surface area contributed by atoms with Gasteiger partial charge in [-0.15, -0.1) is 0 Å². The summed E-state index contributed by atoms with van der Waals surface area (Å²) in [6, 6.07) is 16.2. The highest BCUT2D eigenvalue weighted by molar-refractivity contribution is 7.99. The van der Waals surface area contributed by atoms with Gasteiger partial charge in [-0.2, -0.15) is 0 Å². The summed E-state index contributed by atoms with van der Waals surface area (Å²) in [4.78, 5) is 16.5. The summed E-state index contributed by atoms with van der Waals surface area (Å²) in [5.41, 5.74) is 4.34. The van der Waals surface area contributed by atoms with Crippen LogP contribution in [0.1, 0.15) is 18.1 Å². The zero-order valence-electron chi connectivity index (χ0n) is 14.4. The van der Waals surface area contributed by atoms with E-state index in [-0.39, 0.29) is 5.91 Å². The number of aryl methyl sites for hydroxylation is 2. The van der Waals surface area contributed by atoms with E-state index in [2.05, 4.69) is 41.5 Å². The second kappa shape index (κ2) is 8.03. The molecule has 0 spiro atoms. The molecule has 128 valence electrons. The minimum absolute atomic E-state index is 0.0373. The fourth-order valence-electron chi connectivity index (χ4n) is 2.45. The predicted molar refractivity (Wildman–Crippen MR) is 103 cm³/mol. The van der Waals surface area contributed by atoms with Crippen LogP contribution in [0.3, 0.4) is 0 Å². The number of carbonyl (C=O) groups excluding carboxylic acids is 1. The molecule has 0 aliphatic carbocycles. The van der Waals surface area contributed by atoms with Gasteiger partial charge >= 0.3 is 0 Å². The summed E-state index contributed by atoms with van der Waals surface area (Å²) in [7, 11) is 0. The molecular weight excluding hydrogens is 330 g/mol. The fourth-order valence-corrected chi connectivity index (χ4v) is 3.22. The van der Waals surface area contributed by atoms with Crippen LogP contribution in [0.5, 0.6) is 0 Å². The molecule has 0 aliphatic rings. The number of nitrogens with zero attached hydrogens (tertiary/aromatic N) is 2. The average Bonchev–Trinajstić information content (AvgIpc) is 3.10. The zero-order chi connectivity index (χ0) is 17.6. The van der Waals surface area contributed by atoms with Gasteiger partial charge in [0.25, 0.3) is 0 Å². The minimum Gasteiger partial charge on any atom is -0.325 e. The monoisotopic (exact) mass is 351 g/mol. The SMILES string of the molecule is CCc1ccc(-n2ccnc2SCC(=O)Nc2ccc(C)cc2)cc1. The summed E-state index contributed by atoms with van der Waals surface area (Å²) in [5, 5.41) is 3.72. The summed E-state index contributed by atoms with van der Waals surface area (Å²) < 4.78 is 2.00. The molecule has 2 aromatic carbocycles. The lowest BCUT2D eigenvalue weighted by Gasteiger charge is -2.09. The molecule has 0 bridgehead atoms. The number of nitrogens with one attached hydrogen (secondary N) is 1. The van der Waals surface area contributed by atoms with Crippen LogP contribution in [-0.4, -0.2) is 21.2 Å². The number of thioether (sulfide) groups is 1. The van der Waals surface area contributed by atoms with Gasteiger partial charge in [0.15, 0.2) is 5.16 Å². The zero-order valence-corrected chi connectivity index (χ0v) is 15.2. The molecule has 0 saturated heterocycles. The van der Waals surface area contributed by atoms with Crippen molar-refractivity contribution in [3.8, 4) is 5.69 Å². The number of benzene rings is 2. The lowest BCUT2D eigenvalue weighted by atomic mass is 10.1. The fraction of sp³-hybridized carbons (Fsp3) is 0.200. The summed E-state index contributed by atoms with van der Waals surface area (Å²) in [6.45, 7) is 4.16. The third kappa shape index (κ3) is 4.51. The Hall–Kier alpha value is -2.53. The van der Waals surface area contributed by atoms with E-state index in [0.29, 0.717) is 5.75 Å². The Labute approximate surface area is 152 Å². The third-order valence-electron chi connectivity index (χ3n) is 3.90. The van der Waals surface area contributed by atoms with Crippen LogP contribution < -0.4 is 5.32 Å². The van der Waals surface area contributed by atoms with Crippen LogP contribution in [0.4, 0.5) is 5.69 Å². The second-order valence-corrected chi connectivity index (χ2v) is 6.75. The van der Waals surface area contributed by atoms with Crippen molar-refractivity contribution in [2.45, 2.75) is 25.4 Å². The molecule has 5 heteroatoms. The lowest BCUT2D eigenvalue weighted by Crippen LogP contribution is -2.14. The minimum atomic E-state index is -0.0373. The van der Waals surface area contributed by atoms with Crippen molar-refractivity contribution in [3.63, 3.8) is 0 Å². The number of hydrogen-bond acceptors (Lipinski definition) is 3. The number of imidazole rings is 1. The number of rotatable bonds is 6. The maximum Gasteiger partial charge on any atom is 0.234 e. The number of amides is 1. The molecule has 0 radical (unpaired) electrons. The van der Waals surface area contributed by atoms with Gasteiger partial charge < -0.3 is 5.32 Å². The molecule has 3 aromatic rings. The molecular formula is C20H21N3OS. The van der Waals surface area contributed by atoms with Crippen molar-refractivity contribution in [2.75, 3.05) is 11.1 Å². The maximum atomic E-state index is 12.2. The summed E-state index contributed by atoms with van der Waals surface area (Å²) in [5.74, 6) is 0.280. The maximum absolute atomic E-state index is 12.2. The molecule has 3 rings (SSSR count). The Bertz CT molecular complexity index is 838. The van der Waals surface area contributed by atoms with Crippen LogP contribution in [0.25, 0.3) is 5.69 Å². The van der Waals surface area contributed by atoms with E-state index in [0.717, 1.165) is 23.0 Å². The van der Waals surface area contributed by atoms with E-state index in [9.17, 15) is 4.79 Å². The van der Waals surface area contributed by atoms with Gasteiger partial charge in [-0.1, -0.05) is 48.5 Å². The van der Waals surface area contributed by atoms with Crippen molar-refractivity contribution < 1.29 is 4.79 Å². The molecule has 0 unspecified atom stereocenters. The molecule has 0 atom stereocenters. The Morgan fingerprint density at radius 3 is 2.52 bits per heavy atom. The Morgan fingerprint density at radius 2 is 1.84 bits per heavy atom. The quantitative estimate of drug-likeness (QED) is 0.666. The van der Waals surface area contributed by atoms with Crippen LogP contribution in [0.2, 0.25) is 0 Å². The van der Waals surface area contributed by atoms with Gasteiger partial charge in [0.05, 0.1) is 5.75 Å². The van der Waals surface area contributed by atoms with E-state index in [4.69, 9.17) is 0 Å². The van der Waals surface area contributed by atoms with Gasteiger partial charge in [0.1, 0.15) is 0 Å². The number of carbonyl (C=O) groups is 1. The molecule has 1 amide bonds. The van der Waals surface area contributed by atoms with Crippen molar-refractivity contribution in [3.05, 3.63) is 72.1 Å². The first-order chi connectivity index (χ1) is 12.2. The lowest BCUT2D eigenvalue weighted by molar-refractivity contribution is -0.113. The third-order valence-corrected chi connectivity index (χ3v) is 4.86. The number of anilines is 1. The van der Waals surface area contributed by atoms with Crippen LogP contribution in [0, 0.1) is 6.92 Å². The largest absolute Gasteiger partial charge is 0.325 e. The molecule has 1 heterocycles. The summed E-state index contributed by atoms with van der Waals surface area (Å²) in [6.07, 6.45) is 4.69. The smallest absolute Gasteiger partial charge is 0.234 e. The molecule has 25 heavy (non-hydrogen) atoms. The van der Waals surface area contributed by atoms with E-state index >= 15 is 0 Å². The highest BCUT2D eigenvalue weighted by Crippen LogP contribution is 2.21. The first kappa shape index (κ1) is 17.3. The second-order valence-electron chi connectivity index (χ2n) is 5.80. The van der Waals surface area contributed by atoms with Gasteiger partial charge in [-0.25, -0.2) is 4.98 Å². The normalized spacial score (nSPS) is 10.6. The van der Waals surface area contributed by atoms with Gasteiger partial charge in [0.2, 0.25) is 5.91 Å². The standard InChI is InChI=1S/C20H21N3OS/c1-3-16-6-10-18(11-7-16)23-13-12-21-20(23)25-14-19(24)22-17-8-4-15(2)5-9-17/h4-13H,3,14H2,1-2H3,(H,22,24). The van der Waals surface area contributed by atoms with Crippen molar-refractivity contribution >= 4 is 23.4 Å². The van der Waals surface area contributed by atoms with Gasteiger partial charge in [-0.3, -0.25) is 9.36 Å². The number of hydrogen-bond donors (Lipinski definition) is 1. The Kier molecular flexibility index (Phi) is 5.56. The number of aromatic nitrogens is 2. The average molecular weight is 351 g/mol. The molecule has 1 N–H and O–H groups in total. The molecule has 0 aliphatic heterocycles. The predicted octanol–water partition coefficient (Wildman–Crippen LogP) is 4.47. The van der Waals surface area contributed by atoms with E-state index in [1.165, 1.54) is 22.9 Å². The summed E-state index contributed by atoms with van der Waals surface area (Å²) >= 11 is 1.43. The van der Waals surface area contributed by atoms with Gasteiger partial charge in [-0.05, 0) is 43.2 Å². The Morgan fingerprint density at radius 1 is 1.12 bits per heavy atom. The van der Waals surface area contributed by atoms with E-state index in [1.54, 1.807) is 6.20 Å². The molecule has 0 fully saturated rings. The van der Waals surface area contributed by atoms with Crippen molar-refractivity contribution in [1.29, 1.82) is 0 Å². The van der Waals surface area contributed by atoms with Crippen molar-refractivity contribution in [1.82, 2.24) is 9.55 Å². The van der Waals surface area contributed by atoms with Gasteiger partial charge in [0, 0.05) is 23.8 Å². The van der Waals surface area contributed by atoms with Crippen molar-refractivity contribution in [2.24, 2.45) is 0 Å². The van der Waals surface area contributed by atoms with E-state index < -0.39 is 0 Å². The van der Waals surface area contributed by atoms with Crippen LogP contribution >= 0.6 is 11.8 Å². The highest BCUT2D eigenvalue weighted by atomic mass is 32.2. The van der Waals surface area contributed by atoms with Crippen LogP contribution in [0.15, 0.2) is 66.1 Å². The van der Waals surface area contributed by atoms with E-state index in [1.807, 2.05) is 42.0 Å². The first-order valence-corrected chi connectivity index (χ1v) is 9.26. The van der Waals surface area contributed by atoms with Crippen LogP contribution in [-0.2, 0) is 11.2 Å².